The molecule has 3 aliphatic rings. The molecule has 6 nitrogen and oxygen atoms in total. The van der Waals surface area contributed by atoms with Crippen molar-refractivity contribution in [1.29, 1.82) is 0 Å². The Morgan fingerprint density at radius 1 is 1.11 bits per heavy atom. The SMILES string of the molecule is Cl.O=C(C1CCCC1)N1CCCC(S(=O)(=O)NCc2ccc3c(c2)CNC3)C1. The van der Waals surface area contributed by atoms with Crippen molar-refractivity contribution in [2.24, 2.45) is 5.92 Å². The summed E-state index contributed by atoms with van der Waals surface area (Å²) >= 11 is 0. The molecule has 0 radical (unpaired) electrons. The molecule has 1 aliphatic carbocycles. The molecule has 8 heteroatoms. The van der Waals surface area contributed by atoms with E-state index in [0.717, 1.165) is 50.8 Å². The first-order chi connectivity index (χ1) is 13.0. The van der Waals surface area contributed by atoms with Crippen molar-refractivity contribution in [1.82, 2.24) is 14.9 Å². The van der Waals surface area contributed by atoms with E-state index in [4.69, 9.17) is 0 Å². The van der Waals surface area contributed by atoms with Crippen LogP contribution in [0.5, 0.6) is 0 Å². The highest BCUT2D eigenvalue weighted by Crippen LogP contribution is 2.28. The molecule has 1 amide bonds. The second kappa shape index (κ2) is 9.11. The summed E-state index contributed by atoms with van der Waals surface area (Å²) in [5.41, 5.74) is 3.52. The maximum atomic E-state index is 12.8. The van der Waals surface area contributed by atoms with Crippen LogP contribution in [0.15, 0.2) is 18.2 Å². The highest BCUT2D eigenvalue weighted by atomic mass is 35.5. The fourth-order valence-corrected chi connectivity index (χ4v) is 6.04. The number of hydrogen-bond acceptors (Lipinski definition) is 4. The van der Waals surface area contributed by atoms with Crippen molar-refractivity contribution in [2.75, 3.05) is 13.1 Å². The first kappa shape index (κ1) is 21.6. The lowest BCUT2D eigenvalue weighted by Crippen LogP contribution is -2.49. The summed E-state index contributed by atoms with van der Waals surface area (Å²) in [4.78, 5) is 14.5. The third-order valence-electron chi connectivity index (χ3n) is 6.21. The van der Waals surface area contributed by atoms with Crippen molar-refractivity contribution in [2.45, 2.75) is 63.4 Å². The predicted octanol–water partition coefficient (Wildman–Crippen LogP) is 2.31. The van der Waals surface area contributed by atoms with Crippen LogP contribution in [0, 0.1) is 5.92 Å². The van der Waals surface area contributed by atoms with Crippen molar-refractivity contribution in [3.63, 3.8) is 0 Å². The smallest absolute Gasteiger partial charge is 0.225 e. The van der Waals surface area contributed by atoms with Gasteiger partial charge in [-0.15, -0.1) is 12.4 Å². The van der Waals surface area contributed by atoms with Crippen molar-refractivity contribution in [3.8, 4) is 0 Å². The lowest BCUT2D eigenvalue weighted by atomic mass is 10.0. The second-order valence-corrected chi connectivity index (χ2v) is 10.1. The normalized spacial score (nSPS) is 22.7. The Labute approximate surface area is 173 Å². The maximum Gasteiger partial charge on any atom is 0.225 e. The van der Waals surface area contributed by atoms with Crippen LogP contribution in [0.25, 0.3) is 0 Å². The standard InChI is InChI=1S/C20H29N3O3S.ClH/c24-20(16-4-1-2-5-16)23-9-3-6-19(14-23)27(25,26)22-11-15-7-8-17-12-21-13-18(17)10-15;/h7-8,10,16,19,21-22H,1-6,9,11-14H2;1H. The number of likely N-dealkylation sites (tertiary alicyclic amines) is 1. The molecule has 1 aromatic rings. The van der Waals surface area contributed by atoms with Gasteiger partial charge in [-0.3, -0.25) is 4.79 Å². The van der Waals surface area contributed by atoms with Gasteiger partial charge < -0.3 is 10.2 Å². The van der Waals surface area contributed by atoms with Crippen molar-refractivity contribution in [3.05, 3.63) is 34.9 Å². The van der Waals surface area contributed by atoms with Gasteiger partial charge in [-0.25, -0.2) is 13.1 Å². The van der Waals surface area contributed by atoms with E-state index < -0.39 is 15.3 Å². The molecule has 2 aliphatic heterocycles. The molecule has 0 bridgehead atoms. The fraction of sp³-hybridized carbons (Fsp3) is 0.650. The van der Waals surface area contributed by atoms with E-state index in [2.05, 4.69) is 22.2 Å². The van der Waals surface area contributed by atoms with Crippen molar-refractivity contribution < 1.29 is 13.2 Å². The number of rotatable bonds is 5. The zero-order valence-corrected chi connectivity index (χ0v) is 17.8. The molecular weight excluding hydrogens is 398 g/mol. The van der Waals surface area contributed by atoms with Crippen LogP contribution in [-0.2, 0) is 34.5 Å². The number of amides is 1. The topological polar surface area (TPSA) is 78.5 Å². The van der Waals surface area contributed by atoms with E-state index in [0.29, 0.717) is 26.1 Å². The number of benzene rings is 1. The van der Waals surface area contributed by atoms with Crippen LogP contribution in [-0.4, -0.2) is 37.6 Å². The van der Waals surface area contributed by atoms with Gasteiger partial charge in [0.25, 0.3) is 0 Å². The molecular formula is C20H30ClN3O3S. The summed E-state index contributed by atoms with van der Waals surface area (Å²) in [7, 11) is -3.45. The number of nitrogens with zero attached hydrogens (tertiary/aromatic N) is 1. The van der Waals surface area contributed by atoms with Crippen LogP contribution in [0.1, 0.15) is 55.2 Å². The van der Waals surface area contributed by atoms with E-state index in [-0.39, 0.29) is 24.2 Å². The molecule has 0 spiro atoms. The van der Waals surface area contributed by atoms with E-state index >= 15 is 0 Å². The van der Waals surface area contributed by atoms with E-state index in [1.807, 2.05) is 6.07 Å². The van der Waals surface area contributed by atoms with Gasteiger partial charge in [0.2, 0.25) is 15.9 Å². The minimum Gasteiger partial charge on any atom is -0.341 e. The second-order valence-electron chi connectivity index (χ2n) is 8.10. The first-order valence-electron chi connectivity index (χ1n) is 10.1. The number of fused-ring (bicyclic) bond motifs is 1. The number of nitrogens with one attached hydrogen (secondary N) is 2. The Hall–Kier alpha value is -1.15. The monoisotopic (exact) mass is 427 g/mol. The van der Waals surface area contributed by atoms with E-state index in [9.17, 15) is 13.2 Å². The summed E-state index contributed by atoms with van der Waals surface area (Å²) < 4.78 is 28.4. The fourth-order valence-electron chi connectivity index (χ4n) is 4.58. The summed E-state index contributed by atoms with van der Waals surface area (Å²) in [6.07, 6.45) is 5.52. The largest absolute Gasteiger partial charge is 0.341 e. The van der Waals surface area contributed by atoms with Crippen LogP contribution < -0.4 is 10.0 Å². The van der Waals surface area contributed by atoms with Gasteiger partial charge >= 0.3 is 0 Å². The zero-order valence-electron chi connectivity index (χ0n) is 16.2. The number of hydrogen-bond donors (Lipinski definition) is 2. The Morgan fingerprint density at radius 3 is 2.64 bits per heavy atom. The Balaban J connectivity index is 0.00000225. The lowest BCUT2D eigenvalue weighted by Gasteiger charge is -2.34. The molecule has 1 saturated carbocycles. The Morgan fingerprint density at radius 2 is 1.86 bits per heavy atom. The lowest BCUT2D eigenvalue weighted by molar-refractivity contribution is -0.136. The quantitative estimate of drug-likeness (QED) is 0.755. The Bertz CT molecular complexity index is 809. The molecule has 156 valence electrons. The van der Waals surface area contributed by atoms with Crippen LogP contribution >= 0.6 is 12.4 Å². The highest BCUT2D eigenvalue weighted by Gasteiger charge is 2.35. The number of piperidine rings is 1. The average molecular weight is 428 g/mol. The zero-order chi connectivity index (χ0) is 18.9. The molecule has 0 aromatic heterocycles. The number of sulfonamides is 1. The van der Waals surface area contributed by atoms with Gasteiger partial charge in [0.05, 0.1) is 5.25 Å². The van der Waals surface area contributed by atoms with E-state index in [1.54, 1.807) is 4.90 Å². The third kappa shape index (κ3) is 4.70. The summed E-state index contributed by atoms with van der Waals surface area (Å²) in [6.45, 7) is 3.06. The number of halogens is 1. The summed E-state index contributed by atoms with van der Waals surface area (Å²) in [6, 6.07) is 6.14. The Kier molecular flexibility index (Phi) is 7.02. The van der Waals surface area contributed by atoms with Gasteiger partial charge in [0.15, 0.2) is 0 Å². The maximum absolute atomic E-state index is 12.8. The molecule has 2 N–H and O–H groups in total. The molecule has 2 heterocycles. The molecule has 4 rings (SSSR count). The molecule has 1 saturated heterocycles. The minimum atomic E-state index is -3.45. The third-order valence-corrected chi connectivity index (χ3v) is 8.02. The van der Waals surface area contributed by atoms with Crippen LogP contribution in [0.2, 0.25) is 0 Å². The average Bonchev–Trinajstić information content (AvgIpc) is 3.37. The highest BCUT2D eigenvalue weighted by molar-refractivity contribution is 7.90. The molecule has 1 atom stereocenters. The molecule has 2 fully saturated rings. The van der Waals surface area contributed by atoms with Gasteiger partial charge in [0, 0.05) is 38.6 Å². The van der Waals surface area contributed by atoms with Gasteiger partial charge in [-0.05, 0) is 42.4 Å². The molecule has 1 unspecified atom stereocenters. The van der Waals surface area contributed by atoms with Crippen LogP contribution in [0.3, 0.4) is 0 Å². The van der Waals surface area contributed by atoms with Crippen molar-refractivity contribution >= 4 is 28.3 Å². The number of carbonyl (C=O) groups is 1. The van der Waals surface area contributed by atoms with Gasteiger partial charge in [0.1, 0.15) is 0 Å². The minimum absolute atomic E-state index is 0. The van der Waals surface area contributed by atoms with Gasteiger partial charge in [-0.1, -0.05) is 31.0 Å². The van der Waals surface area contributed by atoms with Gasteiger partial charge in [-0.2, -0.15) is 0 Å². The summed E-state index contributed by atoms with van der Waals surface area (Å²) in [5, 5.41) is 2.79. The van der Waals surface area contributed by atoms with E-state index in [1.165, 1.54) is 11.1 Å². The molecule has 1 aromatic carbocycles. The van der Waals surface area contributed by atoms with Crippen LogP contribution in [0.4, 0.5) is 0 Å². The first-order valence-corrected chi connectivity index (χ1v) is 11.7. The number of carbonyl (C=O) groups excluding carboxylic acids is 1. The predicted molar refractivity (Wildman–Crippen MR) is 112 cm³/mol. The molecule has 28 heavy (non-hydrogen) atoms. The summed E-state index contributed by atoms with van der Waals surface area (Å²) in [5.74, 6) is 0.276.